The van der Waals surface area contributed by atoms with Gasteiger partial charge in [0.05, 0.1) is 0 Å². The summed E-state index contributed by atoms with van der Waals surface area (Å²) in [6, 6.07) is 7.69. The Morgan fingerprint density at radius 3 is 2.92 bits per heavy atom. The van der Waals surface area contributed by atoms with Gasteiger partial charge in [0.1, 0.15) is 0 Å². The van der Waals surface area contributed by atoms with Crippen LogP contribution in [-0.4, -0.2) is 5.78 Å². The minimum absolute atomic E-state index is 0.198. The predicted molar refractivity (Wildman–Crippen MR) is 54.9 cm³/mol. The fourth-order valence-corrected chi connectivity index (χ4v) is 1.20. The molecule has 0 aliphatic heterocycles. The molecule has 0 aliphatic rings. The lowest BCUT2D eigenvalue weighted by Gasteiger charge is -1.99. The summed E-state index contributed by atoms with van der Waals surface area (Å²) in [5, 5.41) is 0. The van der Waals surface area contributed by atoms with Crippen LogP contribution in [0.5, 0.6) is 0 Å². The highest BCUT2D eigenvalue weighted by Crippen LogP contribution is 2.08. The van der Waals surface area contributed by atoms with Crippen molar-refractivity contribution in [1.29, 1.82) is 0 Å². The fourth-order valence-electron chi connectivity index (χ4n) is 1.20. The third-order valence-electron chi connectivity index (χ3n) is 1.92. The average Bonchev–Trinajstić information content (AvgIpc) is 2.14. The summed E-state index contributed by atoms with van der Waals surface area (Å²) < 4.78 is 0. The minimum Gasteiger partial charge on any atom is -0.294 e. The lowest BCUT2D eigenvalue weighted by atomic mass is 10.0. The van der Waals surface area contributed by atoms with E-state index in [0.29, 0.717) is 6.42 Å². The number of hydrogen-bond acceptors (Lipinski definition) is 1. The molecular formula is C12H14O. The van der Waals surface area contributed by atoms with E-state index in [2.05, 4.69) is 6.58 Å². The van der Waals surface area contributed by atoms with Crippen molar-refractivity contribution >= 4 is 5.78 Å². The average molecular weight is 174 g/mol. The molecule has 1 nitrogen and oxygen atoms in total. The Bertz CT molecular complexity index is 313. The third-order valence-corrected chi connectivity index (χ3v) is 1.92. The van der Waals surface area contributed by atoms with Crippen LogP contribution in [0.3, 0.4) is 0 Å². The first-order valence-electron chi connectivity index (χ1n) is 4.45. The maximum Gasteiger partial charge on any atom is 0.163 e. The zero-order valence-electron chi connectivity index (χ0n) is 7.92. The summed E-state index contributed by atoms with van der Waals surface area (Å²) in [5.41, 5.74) is 1.94. The number of Topliss-reactive ketones (excluding diaryl/α,β-unsaturated/α-hetero) is 1. The quantitative estimate of drug-likeness (QED) is 0.506. The van der Waals surface area contributed by atoms with Crippen molar-refractivity contribution in [2.24, 2.45) is 0 Å². The number of carbonyl (C=O) groups is 1. The highest BCUT2D eigenvalue weighted by atomic mass is 16.1. The summed E-state index contributed by atoms with van der Waals surface area (Å²) in [7, 11) is 0. The van der Waals surface area contributed by atoms with Crippen molar-refractivity contribution in [1.82, 2.24) is 0 Å². The molecule has 0 aliphatic carbocycles. The number of benzene rings is 1. The van der Waals surface area contributed by atoms with Gasteiger partial charge in [-0.25, -0.2) is 0 Å². The Kier molecular flexibility index (Phi) is 3.44. The summed E-state index contributed by atoms with van der Waals surface area (Å²) in [6.45, 7) is 5.58. The first kappa shape index (κ1) is 9.72. The van der Waals surface area contributed by atoms with Gasteiger partial charge in [0.25, 0.3) is 0 Å². The molecule has 0 spiro atoms. The van der Waals surface area contributed by atoms with Crippen LogP contribution in [0.15, 0.2) is 36.9 Å². The Balaban J connectivity index is 2.71. The van der Waals surface area contributed by atoms with E-state index < -0.39 is 0 Å². The molecule has 0 aromatic heterocycles. The molecular weight excluding hydrogens is 160 g/mol. The van der Waals surface area contributed by atoms with Crippen molar-refractivity contribution in [2.45, 2.75) is 19.8 Å². The Labute approximate surface area is 79.1 Å². The maximum atomic E-state index is 11.5. The molecule has 0 heterocycles. The first-order valence-corrected chi connectivity index (χ1v) is 4.45. The molecule has 0 atom stereocenters. The number of aryl methyl sites for hydroxylation is 1. The van der Waals surface area contributed by atoms with Gasteiger partial charge >= 0.3 is 0 Å². The molecule has 1 rings (SSSR count). The van der Waals surface area contributed by atoms with E-state index in [0.717, 1.165) is 17.5 Å². The van der Waals surface area contributed by atoms with Crippen LogP contribution in [0.4, 0.5) is 0 Å². The Hall–Kier alpha value is -1.37. The fraction of sp³-hybridized carbons (Fsp3) is 0.250. The molecule has 0 N–H and O–H groups in total. The lowest BCUT2D eigenvalue weighted by molar-refractivity contribution is 0.0983. The predicted octanol–water partition coefficient (Wildman–Crippen LogP) is 3.14. The highest BCUT2D eigenvalue weighted by molar-refractivity contribution is 5.96. The van der Waals surface area contributed by atoms with Crippen molar-refractivity contribution in [3.05, 3.63) is 48.0 Å². The summed E-state index contributed by atoms with van der Waals surface area (Å²) in [4.78, 5) is 11.5. The molecule has 0 saturated carbocycles. The zero-order chi connectivity index (χ0) is 9.68. The minimum atomic E-state index is 0.198. The molecule has 68 valence electrons. The molecule has 0 amide bonds. The highest BCUT2D eigenvalue weighted by Gasteiger charge is 2.03. The van der Waals surface area contributed by atoms with Crippen LogP contribution >= 0.6 is 0 Å². The van der Waals surface area contributed by atoms with Crippen molar-refractivity contribution in [2.75, 3.05) is 0 Å². The van der Waals surface area contributed by atoms with E-state index in [1.165, 1.54) is 0 Å². The van der Waals surface area contributed by atoms with Crippen LogP contribution < -0.4 is 0 Å². The van der Waals surface area contributed by atoms with Gasteiger partial charge < -0.3 is 0 Å². The molecule has 0 saturated heterocycles. The van der Waals surface area contributed by atoms with Gasteiger partial charge in [-0.1, -0.05) is 29.8 Å². The monoisotopic (exact) mass is 174 g/mol. The van der Waals surface area contributed by atoms with Gasteiger partial charge in [0.15, 0.2) is 5.78 Å². The van der Waals surface area contributed by atoms with Gasteiger partial charge in [-0.2, -0.15) is 0 Å². The van der Waals surface area contributed by atoms with Crippen LogP contribution in [0.25, 0.3) is 0 Å². The molecule has 0 radical (unpaired) electrons. The van der Waals surface area contributed by atoms with Crippen molar-refractivity contribution in [3.8, 4) is 0 Å². The molecule has 0 bridgehead atoms. The van der Waals surface area contributed by atoms with Crippen LogP contribution in [0.1, 0.15) is 28.8 Å². The number of hydrogen-bond donors (Lipinski definition) is 0. The van der Waals surface area contributed by atoms with E-state index in [9.17, 15) is 4.79 Å². The Morgan fingerprint density at radius 1 is 1.54 bits per heavy atom. The van der Waals surface area contributed by atoms with Crippen LogP contribution in [0, 0.1) is 6.92 Å². The number of carbonyl (C=O) groups excluding carboxylic acids is 1. The SMILES string of the molecule is C=CCCC(=O)c1cccc(C)c1. The standard InChI is InChI=1S/C12H14O/c1-3-4-8-12(13)11-7-5-6-10(2)9-11/h3,5-7,9H,1,4,8H2,2H3. The topological polar surface area (TPSA) is 17.1 Å². The lowest BCUT2D eigenvalue weighted by Crippen LogP contribution is -1.97. The number of allylic oxidation sites excluding steroid dienone is 1. The van der Waals surface area contributed by atoms with Gasteiger partial charge in [-0.05, 0) is 19.4 Å². The second-order valence-electron chi connectivity index (χ2n) is 3.12. The van der Waals surface area contributed by atoms with E-state index >= 15 is 0 Å². The summed E-state index contributed by atoms with van der Waals surface area (Å²) >= 11 is 0. The second kappa shape index (κ2) is 4.61. The Morgan fingerprint density at radius 2 is 2.31 bits per heavy atom. The third kappa shape index (κ3) is 2.86. The molecule has 0 fully saturated rings. The second-order valence-corrected chi connectivity index (χ2v) is 3.12. The number of ketones is 1. The van der Waals surface area contributed by atoms with E-state index in [1.54, 1.807) is 6.08 Å². The smallest absolute Gasteiger partial charge is 0.163 e. The van der Waals surface area contributed by atoms with Crippen LogP contribution in [0.2, 0.25) is 0 Å². The molecule has 1 aromatic carbocycles. The summed E-state index contributed by atoms with van der Waals surface area (Å²) in [6.07, 6.45) is 3.09. The van der Waals surface area contributed by atoms with Crippen molar-refractivity contribution < 1.29 is 4.79 Å². The van der Waals surface area contributed by atoms with E-state index in [-0.39, 0.29) is 5.78 Å². The van der Waals surface area contributed by atoms with Gasteiger partial charge in [0, 0.05) is 12.0 Å². The van der Waals surface area contributed by atoms with Gasteiger partial charge in [-0.15, -0.1) is 6.58 Å². The van der Waals surface area contributed by atoms with Crippen molar-refractivity contribution in [3.63, 3.8) is 0 Å². The summed E-state index contributed by atoms with van der Waals surface area (Å²) in [5.74, 6) is 0.198. The molecule has 1 heteroatoms. The molecule has 1 aromatic rings. The number of rotatable bonds is 4. The van der Waals surface area contributed by atoms with E-state index in [1.807, 2.05) is 31.2 Å². The molecule has 0 unspecified atom stereocenters. The zero-order valence-corrected chi connectivity index (χ0v) is 7.92. The van der Waals surface area contributed by atoms with Gasteiger partial charge in [0.2, 0.25) is 0 Å². The maximum absolute atomic E-state index is 11.5. The normalized spacial score (nSPS) is 9.62. The molecule has 13 heavy (non-hydrogen) atoms. The largest absolute Gasteiger partial charge is 0.294 e. The van der Waals surface area contributed by atoms with E-state index in [4.69, 9.17) is 0 Å². The van der Waals surface area contributed by atoms with Gasteiger partial charge in [-0.3, -0.25) is 4.79 Å². The van der Waals surface area contributed by atoms with Crippen LogP contribution in [-0.2, 0) is 0 Å². The first-order chi connectivity index (χ1) is 6.24.